The molecule has 2 aliphatic rings. The first-order valence-electron chi connectivity index (χ1n) is 13.9. The van der Waals surface area contributed by atoms with Crippen molar-refractivity contribution in [2.24, 2.45) is 0 Å². The normalized spacial score (nSPS) is 17.9. The van der Waals surface area contributed by atoms with E-state index in [1.165, 1.54) is 19.3 Å². The standard InChI is InChI=1S/C32H33N3O4/c36-31(23-8-3-1-4-9-23)34-19-7-12-26(34)21-39-27-16-13-22(14-17-27)30-33-28-20-24(32(37)38)15-18-29(28)35(30)25-10-5-2-6-11-25/h1,3-4,8-9,13-18,20,25-26H,2,5-7,10-12,19,21H2,(H,37,38)/t26-/m0/s1. The van der Waals surface area contributed by atoms with Crippen molar-refractivity contribution in [3.05, 3.63) is 83.9 Å². The zero-order valence-corrected chi connectivity index (χ0v) is 22.0. The molecule has 1 saturated heterocycles. The molecule has 4 aromatic rings. The van der Waals surface area contributed by atoms with Gasteiger partial charge in [0.05, 0.1) is 22.6 Å². The van der Waals surface area contributed by atoms with Crippen molar-refractivity contribution in [1.82, 2.24) is 14.5 Å². The number of hydrogen-bond donors (Lipinski definition) is 1. The molecule has 200 valence electrons. The van der Waals surface area contributed by atoms with E-state index >= 15 is 0 Å². The van der Waals surface area contributed by atoms with Gasteiger partial charge in [-0.2, -0.15) is 0 Å². The monoisotopic (exact) mass is 523 g/mol. The molecular formula is C32H33N3O4. The van der Waals surface area contributed by atoms with Crippen LogP contribution in [0.4, 0.5) is 0 Å². The number of carbonyl (C=O) groups is 2. The van der Waals surface area contributed by atoms with Crippen LogP contribution in [0.25, 0.3) is 22.4 Å². The van der Waals surface area contributed by atoms with E-state index in [-0.39, 0.29) is 17.5 Å². The second kappa shape index (κ2) is 10.9. The SMILES string of the molecule is O=C(O)c1ccc2c(c1)nc(-c1ccc(OC[C@@H]3CCCN3C(=O)c3ccccc3)cc1)n2C1CCCCC1. The summed E-state index contributed by atoms with van der Waals surface area (Å²) in [6.07, 6.45) is 7.74. The lowest BCUT2D eigenvalue weighted by Gasteiger charge is -2.26. The minimum Gasteiger partial charge on any atom is -0.491 e. The lowest BCUT2D eigenvalue weighted by atomic mass is 9.95. The van der Waals surface area contributed by atoms with Gasteiger partial charge in [0.15, 0.2) is 0 Å². The van der Waals surface area contributed by atoms with E-state index in [0.29, 0.717) is 23.7 Å². The Labute approximate surface area is 228 Å². The van der Waals surface area contributed by atoms with Gasteiger partial charge in [0, 0.05) is 23.7 Å². The number of carbonyl (C=O) groups excluding carboxylic acids is 1. The number of amides is 1. The number of carboxylic acids is 1. The number of nitrogens with zero attached hydrogens (tertiary/aromatic N) is 3. The van der Waals surface area contributed by atoms with Crippen LogP contribution in [0.2, 0.25) is 0 Å². The molecule has 2 heterocycles. The minimum atomic E-state index is -0.946. The zero-order valence-electron chi connectivity index (χ0n) is 22.0. The van der Waals surface area contributed by atoms with Crippen LogP contribution in [0.5, 0.6) is 5.75 Å². The molecule has 1 atom stereocenters. The highest BCUT2D eigenvalue weighted by atomic mass is 16.5. The fourth-order valence-electron chi connectivity index (χ4n) is 6.06. The summed E-state index contributed by atoms with van der Waals surface area (Å²) in [4.78, 5) is 31.4. The summed E-state index contributed by atoms with van der Waals surface area (Å²) >= 11 is 0. The summed E-state index contributed by atoms with van der Waals surface area (Å²) in [6, 6.07) is 23.0. The summed E-state index contributed by atoms with van der Waals surface area (Å²) in [7, 11) is 0. The van der Waals surface area contributed by atoms with Gasteiger partial charge in [0.2, 0.25) is 0 Å². The molecule has 39 heavy (non-hydrogen) atoms. The largest absolute Gasteiger partial charge is 0.491 e. The Bertz CT molecular complexity index is 1470. The summed E-state index contributed by atoms with van der Waals surface area (Å²) in [5.74, 6) is 0.732. The fourth-order valence-corrected chi connectivity index (χ4v) is 6.06. The molecule has 0 unspecified atom stereocenters. The molecule has 1 saturated carbocycles. The first kappa shape index (κ1) is 25.2. The molecule has 6 rings (SSSR count). The maximum atomic E-state index is 13.0. The van der Waals surface area contributed by atoms with Gasteiger partial charge in [-0.15, -0.1) is 0 Å². The maximum Gasteiger partial charge on any atom is 0.335 e. The lowest BCUT2D eigenvalue weighted by molar-refractivity contribution is 0.0685. The second-order valence-electron chi connectivity index (χ2n) is 10.6. The van der Waals surface area contributed by atoms with Crippen molar-refractivity contribution in [2.45, 2.75) is 57.0 Å². The highest BCUT2D eigenvalue weighted by Gasteiger charge is 2.30. The van der Waals surface area contributed by atoms with Crippen LogP contribution in [-0.4, -0.2) is 50.6 Å². The Hall–Kier alpha value is -4.13. The number of carboxylic acid groups (broad SMARTS) is 1. The fraction of sp³-hybridized carbons (Fsp3) is 0.344. The number of aromatic nitrogens is 2. The summed E-state index contributed by atoms with van der Waals surface area (Å²) in [5, 5.41) is 9.48. The van der Waals surface area contributed by atoms with Crippen molar-refractivity contribution in [3.63, 3.8) is 0 Å². The predicted molar refractivity (Wildman–Crippen MR) is 150 cm³/mol. The molecule has 1 aliphatic heterocycles. The Kier molecular flexibility index (Phi) is 7.05. The second-order valence-corrected chi connectivity index (χ2v) is 10.6. The molecule has 7 nitrogen and oxygen atoms in total. The molecular weight excluding hydrogens is 490 g/mol. The number of imidazole rings is 1. The zero-order chi connectivity index (χ0) is 26.8. The molecule has 1 aliphatic carbocycles. The first-order valence-corrected chi connectivity index (χ1v) is 13.9. The van der Waals surface area contributed by atoms with Crippen LogP contribution in [0.15, 0.2) is 72.8 Å². The van der Waals surface area contributed by atoms with Crippen molar-refractivity contribution in [2.75, 3.05) is 13.2 Å². The topological polar surface area (TPSA) is 84.7 Å². The Morgan fingerprint density at radius 1 is 0.872 bits per heavy atom. The van der Waals surface area contributed by atoms with Gasteiger partial charge in [-0.1, -0.05) is 37.5 Å². The summed E-state index contributed by atoms with van der Waals surface area (Å²) in [6.45, 7) is 1.21. The Morgan fingerprint density at radius 2 is 1.64 bits per heavy atom. The number of rotatable bonds is 7. The van der Waals surface area contributed by atoms with Crippen molar-refractivity contribution in [1.29, 1.82) is 0 Å². The van der Waals surface area contributed by atoms with E-state index in [2.05, 4.69) is 4.57 Å². The van der Waals surface area contributed by atoms with Crippen LogP contribution >= 0.6 is 0 Å². The third-order valence-electron chi connectivity index (χ3n) is 8.09. The van der Waals surface area contributed by atoms with Gasteiger partial charge in [0.25, 0.3) is 5.91 Å². The summed E-state index contributed by atoms with van der Waals surface area (Å²) < 4.78 is 8.47. The van der Waals surface area contributed by atoms with Crippen LogP contribution in [0.3, 0.4) is 0 Å². The molecule has 0 spiro atoms. The van der Waals surface area contributed by atoms with Crippen LogP contribution in [-0.2, 0) is 0 Å². The van der Waals surface area contributed by atoms with E-state index in [4.69, 9.17) is 9.72 Å². The number of aromatic carboxylic acids is 1. The van der Waals surface area contributed by atoms with Gasteiger partial charge >= 0.3 is 5.97 Å². The van der Waals surface area contributed by atoms with E-state index in [1.54, 1.807) is 12.1 Å². The molecule has 0 radical (unpaired) electrons. The van der Waals surface area contributed by atoms with Crippen molar-refractivity contribution >= 4 is 22.9 Å². The number of benzene rings is 3. The molecule has 1 aromatic heterocycles. The van der Waals surface area contributed by atoms with Gasteiger partial charge in [-0.05, 0) is 80.3 Å². The van der Waals surface area contributed by atoms with Gasteiger partial charge in [-0.25, -0.2) is 9.78 Å². The maximum absolute atomic E-state index is 13.0. The molecule has 1 N–H and O–H groups in total. The predicted octanol–water partition coefficient (Wildman–Crippen LogP) is 6.59. The Balaban J connectivity index is 1.21. The highest BCUT2D eigenvalue weighted by molar-refractivity contribution is 5.95. The van der Waals surface area contributed by atoms with Crippen molar-refractivity contribution < 1.29 is 19.4 Å². The van der Waals surface area contributed by atoms with E-state index < -0.39 is 5.97 Å². The molecule has 1 amide bonds. The van der Waals surface area contributed by atoms with E-state index in [9.17, 15) is 14.7 Å². The van der Waals surface area contributed by atoms with Crippen LogP contribution < -0.4 is 4.74 Å². The molecule has 2 fully saturated rings. The quantitative estimate of drug-likeness (QED) is 0.295. The number of likely N-dealkylation sites (tertiary alicyclic amines) is 1. The lowest BCUT2D eigenvalue weighted by Crippen LogP contribution is -2.39. The van der Waals surface area contributed by atoms with Crippen LogP contribution in [0.1, 0.15) is 71.7 Å². The van der Waals surface area contributed by atoms with E-state index in [1.807, 2.05) is 65.6 Å². The molecule has 7 heteroatoms. The average molecular weight is 524 g/mol. The van der Waals surface area contributed by atoms with Gasteiger partial charge < -0.3 is 19.3 Å². The number of fused-ring (bicyclic) bond motifs is 1. The smallest absolute Gasteiger partial charge is 0.335 e. The van der Waals surface area contributed by atoms with Gasteiger partial charge in [0.1, 0.15) is 18.2 Å². The minimum absolute atomic E-state index is 0.0521. The Morgan fingerprint density at radius 3 is 2.38 bits per heavy atom. The highest BCUT2D eigenvalue weighted by Crippen LogP contribution is 2.36. The average Bonchev–Trinajstić information content (AvgIpc) is 3.61. The third-order valence-corrected chi connectivity index (χ3v) is 8.09. The van der Waals surface area contributed by atoms with Crippen molar-refractivity contribution in [3.8, 4) is 17.1 Å². The third kappa shape index (κ3) is 5.13. The number of ether oxygens (including phenoxy) is 1. The van der Waals surface area contributed by atoms with E-state index in [0.717, 1.165) is 54.9 Å². The molecule has 0 bridgehead atoms. The molecule has 3 aromatic carbocycles. The number of hydrogen-bond acceptors (Lipinski definition) is 4. The summed E-state index contributed by atoms with van der Waals surface area (Å²) in [5.41, 5.74) is 3.62. The van der Waals surface area contributed by atoms with Crippen LogP contribution in [0, 0.1) is 0 Å². The van der Waals surface area contributed by atoms with Gasteiger partial charge in [-0.3, -0.25) is 4.79 Å². The first-order chi connectivity index (χ1) is 19.1.